The zero-order valence-corrected chi connectivity index (χ0v) is 14.1. The van der Waals surface area contributed by atoms with Gasteiger partial charge in [-0.05, 0) is 47.2 Å². The largest absolute Gasteiger partial charge is 0.303 e. The van der Waals surface area contributed by atoms with Crippen molar-refractivity contribution in [3.8, 4) is 0 Å². The number of carbonyl (C=O) groups excluding carboxylic acids is 1. The molecule has 3 aromatic rings. The molecule has 0 atom stereocenters. The quantitative estimate of drug-likeness (QED) is 0.522. The van der Waals surface area contributed by atoms with E-state index in [4.69, 9.17) is 23.2 Å². The van der Waals surface area contributed by atoms with Crippen LogP contribution in [-0.4, -0.2) is 6.29 Å². The third-order valence-corrected chi connectivity index (χ3v) is 5.51. The highest BCUT2D eigenvalue weighted by molar-refractivity contribution is 7.19. The Balaban J connectivity index is 2.00. The fourth-order valence-electron chi connectivity index (χ4n) is 2.54. The lowest BCUT2D eigenvalue weighted by Crippen LogP contribution is -1.91. The van der Waals surface area contributed by atoms with E-state index in [-0.39, 0.29) is 0 Å². The Labute approximate surface area is 143 Å². The summed E-state index contributed by atoms with van der Waals surface area (Å²) in [5.41, 5.74) is 2.17. The molecule has 112 valence electrons. The van der Waals surface area contributed by atoms with E-state index in [0.29, 0.717) is 22.9 Å². The Morgan fingerprint density at radius 1 is 1.05 bits per heavy atom. The number of hydrogen-bond donors (Lipinski definition) is 0. The minimum Gasteiger partial charge on any atom is -0.303 e. The fourth-order valence-corrected chi connectivity index (χ4v) is 4.20. The van der Waals surface area contributed by atoms with Crippen molar-refractivity contribution in [3.63, 3.8) is 0 Å². The molecular formula is C18H14Cl2OS. The van der Waals surface area contributed by atoms with Crippen molar-refractivity contribution < 1.29 is 4.79 Å². The Hall–Kier alpha value is -1.35. The average Bonchev–Trinajstić information content (AvgIpc) is 2.93. The number of hydrogen-bond acceptors (Lipinski definition) is 2. The summed E-state index contributed by atoms with van der Waals surface area (Å²) in [6.07, 6.45) is 3.04. The van der Waals surface area contributed by atoms with Crippen molar-refractivity contribution in [2.75, 3.05) is 0 Å². The van der Waals surface area contributed by atoms with Crippen molar-refractivity contribution in [2.24, 2.45) is 0 Å². The number of thiophene rings is 1. The molecule has 1 aromatic heterocycles. The van der Waals surface area contributed by atoms with Crippen LogP contribution in [0.1, 0.15) is 22.4 Å². The number of carbonyl (C=O) groups is 1. The standard InChI is InChI=1S/C18H14Cl2OS/c19-16-6-2-7-17(20)15(16)10-12-4-1-8-18-14(12)11-13(22-18)5-3-9-21/h1-2,4,6-9,11H,3,5,10H2. The molecule has 1 nitrogen and oxygen atoms in total. The smallest absolute Gasteiger partial charge is 0.120 e. The highest BCUT2D eigenvalue weighted by atomic mass is 35.5. The Morgan fingerprint density at radius 3 is 2.50 bits per heavy atom. The van der Waals surface area contributed by atoms with Crippen LogP contribution in [0, 0.1) is 0 Å². The van der Waals surface area contributed by atoms with E-state index in [0.717, 1.165) is 18.3 Å². The molecule has 0 amide bonds. The lowest BCUT2D eigenvalue weighted by atomic mass is 10.0. The van der Waals surface area contributed by atoms with Gasteiger partial charge in [0.1, 0.15) is 6.29 Å². The summed E-state index contributed by atoms with van der Waals surface area (Å²) < 4.78 is 1.24. The Bertz CT molecular complexity index is 803. The zero-order valence-electron chi connectivity index (χ0n) is 11.8. The predicted octanol–water partition coefficient (Wildman–Crippen LogP) is 5.93. The lowest BCUT2D eigenvalue weighted by molar-refractivity contribution is -0.107. The van der Waals surface area contributed by atoms with Crippen LogP contribution in [0.25, 0.3) is 10.1 Å². The summed E-state index contributed by atoms with van der Waals surface area (Å²) in [7, 11) is 0. The van der Waals surface area contributed by atoms with Crippen molar-refractivity contribution in [3.05, 3.63) is 68.5 Å². The first-order chi connectivity index (χ1) is 10.7. The van der Waals surface area contributed by atoms with Crippen LogP contribution in [0.2, 0.25) is 10.0 Å². The molecule has 0 fully saturated rings. The van der Waals surface area contributed by atoms with Gasteiger partial charge in [0.2, 0.25) is 0 Å². The number of rotatable bonds is 5. The number of fused-ring (bicyclic) bond motifs is 1. The summed E-state index contributed by atoms with van der Waals surface area (Å²) >= 11 is 14.3. The normalized spacial score (nSPS) is 11.0. The van der Waals surface area contributed by atoms with Gasteiger partial charge in [-0.2, -0.15) is 0 Å². The number of benzene rings is 2. The van der Waals surface area contributed by atoms with Crippen molar-refractivity contribution in [2.45, 2.75) is 19.3 Å². The summed E-state index contributed by atoms with van der Waals surface area (Å²) in [5, 5.41) is 2.62. The molecule has 4 heteroatoms. The maximum absolute atomic E-state index is 10.6. The fraction of sp³-hybridized carbons (Fsp3) is 0.167. The van der Waals surface area contributed by atoms with E-state index in [1.54, 1.807) is 11.3 Å². The second-order valence-corrected chi connectivity index (χ2v) is 7.11. The highest BCUT2D eigenvalue weighted by Crippen LogP contribution is 2.33. The van der Waals surface area contributed by atoms with Gasteiger partial charge in [0, 0.05) is 32.5 Å². The van der Waals surface area contributed by atoms with Crippen LogP contribution in [0.15, 0.2) is 42.5 Å². The molecule has 0 radical (unpaired) electrons. The van der Waals surface area contributed by atoms with E-state index in [9.17, 15) is 4.79 Å². The van der Waals surface area contributed by atoms with Crippen LogP contribution in [0.4, 0.5) is 0 Å². The monoisotopic (exact) mass is 348 g/mol. The Morgan fingerprint density at radius 2 is 1.77 bits per heavy atom. The van der Waals surface area contributed by atoms with E-state index in [1.807, 2.05) is 18.2 Å². The SMILES string of the molecule is O=CCCc1cc2c(Cc3c(Cl)cccc3Cl)cccc2s1. The molecule has 0 N–H and O–H groups in total. The third kappa shape index (κ3) is 3.19. The Kier molecular flexibility index (Phi) is 4.82. The third-order valence-electron chi connectivity index (χ3n) is 3.64. The zero-order chi connectivity index (χ0) is 15.5. The summed E-state index contributed by atoms with van der Waals surface area (Å²) in [4.78, 5) is 11.8. The maximum atomic E-state index is 10.6. The van der Waals surface area contributed by atoms with Crippen LogP contribution in [0.5, 0.6) is 0 Å². The maximum Gasteiger partial charge on any atom is 0.120 e. The summed E-state index contributed by atoms with van der Waals surface area (Å²) in [6.45, 7) is 0. The molecule has 3 rings (SSSR count). The van der Waals surface area contributed by atoms with Gasteiger partial charge in [0.05, 0.1) is 0 Å². The molecule has 0 spiro atoms. The lowest BCUT2D eigenvalue weighted by Gasteiger charge is -2.08. The first-order valence-corrected chi connectivity index (χ1v) is 8.63. The van der Waals surface area contributed by atoms with Gasteiger partial charge < -0.3 is 4.79 Å². The van der Waals surface area contributed by atoms with Crippen molar-refractivity contribution in [1.29, 1.82) is 0 Å². The molecule has 0 bridgehead atoms. The van der Waals surface area contributed by atoms with Crippen molar-refractivity contribution >= 4 is 50.9 Å². The van der Waals surface area contributed by atoms with Crippen LogP contribution in [0.3, 0.4) is 0 Å². The first kappa shape index (κ1) is 15.5. The number of aldehydes is 1. The topological polar surface area (TPSA) is 17.1 Å². The number of halogens is 2. The van der Waals surface area contributed by atoms with Gasteiger partial charge in [-0.15, -0.1) is 11.3 Å². The molecule has 0 saturated carbocycles. The van der Waals surface area contributed by atoms with E-state index in [2.05, 4.69) is 24.3 Å². The van der Waals surface area contributed by atoms with Gasteiger partial charge in [-0.3, -0.25) is 0 Å². The van der Waals surface area contributed by atoms with E-state index in [1.165, 1.54) is 20.5 Å². The molecule has 2 aromatic carbocycles. The van der Waals surface area contributed by atoms with E-state index < -0.39 is 0 Å². The van der Waals surface area contributed by atoms with Gasteiger partial charge in [-0.1, -0.05) is 41.4 Å². The van der Waals surface area contributed by atoms with Crippen LogP contribution < -0.4 is 0 Å². The average molecular weight is 349 g/mol. The molecule has 0 aliphatic carbocycles. The molecule has 0 aliphatic heterocycles. The van der Waals surface area contributed by atoms with Gasteiger partial charge >= 0.3 is 0 Å². The molecule has 0 aliphatic rings. The minimum atomic E-state index is 0.568. The van der Waals surface area contributed by atoms with Crippen LogP contribution >= 0.6 is 34.5 Å². The molecular weight excluding hydrogens is 335 g/mol. The van der Waals surface area contributed by atoms with Gasteiger partial charge in [0.25, 0.3) is 0 Å². The van der Waals surface area contributed by atoms with Crippen LogP contribution in [-0.2, 0) is 17.6 Å². The van der Waals surface area contributed by atoms with E-state index >= 15 is 0 Å². The molecule has 1 heterocycles. The molecule has 22 heavy (non-hydrogen) atoms. The second-order valence-electron chi connectivity index (χ2n) is 5.12. The molecule has 0 unspecified atom stereocenters. The second kappa shape index (κ2) is 6.82. The minimum absolute atomic E-state index is 0.568. The van der Waals surface area contributed by atoms with Gasteiger partial charge in [0.15, 0.2) is 0 Å². The summed E-state index contributed by atoms with van der Waals surface area (Å²) in [5.74, 6) is 0. The van der Waals surface area contributed by atoms with Crippen molar-refractivity contribution in [1.82, 2.24) is 0 Å². The summed E-state index contributed by atoms with van der Waals surface area (Å²) in [6, 6.07) is 14.1. The molecule has 0 saturated heterocycles. The van der Waals surface area contributed by atoms with Gasteiger partial charge in [-0.25, -0.2) is 0 Å². The number of aryl methyl sites for hydroxylation is 1. The first-order valence-electron chi connectivity index (χ1n) is 7.06. The highest BCUT2D eigenvalue weighted by Gasteiger charge is 2.11. The predicted molar refractivity (Wildman–Crippen MR) is 95.5 cm³/mol.